The van der Waals surface area contributed by atoms with Crippen LogP contribution in [0.15, 0.2) is 41.3 Å². The Morgan fingerprint density at radius 3 is 2.21 bits per heavy atom. The molecular weight excluding hydrogens is 533 g/mol. The van der Waals surface area contributed by atoms with Crippen LogP contribution in [0.2, 0.25) is 0 Å². The topological polar surface area (TPSA) is 84.9 Å². The molecule has 0 spiro atoms. The van der Waals surface area contributed by atoms with Gasteiger partial charge in [-0.05, 0) is 37.1 Å². The third-order valence-electron chi connectivity index (χ3n) is 7.51. The van der Waals surface area contributed by atoms with Crippen molar-refractivity contribution in [1.82, 2.24) is 14.3 Å². The molecule has 0 bridgehead atoms. The number of alkyl halides is 3. The van der Waals surface area contributed by atoms with Crippen molar-refractivity contribution in [1.29, 1.82) is 0 Å². The van der Waals surface area contributed by atoms with E-state index in [0.29, 0.717) is 36.5 Å². The second kappa shape index (κ2) is 10.8. The van der Waals surface area contributed by atoms with Crippen molar-refractivity contribution in [3.63, 3.8) is 0 Å². The van der Waals surface area contributed by atoms with Crippen molar-refractivity contribution in [2.24, 2.45) is 0 Å². The molecule has 2 heterocycles. The number of halogens is 3. The van der Waals surface area contributed by atoms with Crippen LogP contribution in [0, 0.1) is 0 Å². The molecule has 2 fully saturated rings. The van der Waals surface area contributed by atoms with Gasteiger partial charge in [0.05, 0.1) is 30.2 Å². The number of piperazine rings is 1. The van der Waals surface area contributed by atoms with Gasteiger partial charge in [0, 0.05) is 43.5 Å². The maximum Gasteiger partial charge on any atom is 0.416 e. The van der Waals surface area contributed by atoms with E-state index in [-0.39, 0.29) is 23.9 Å². The lowest BCUT2D eigenvalue weighted by Gasteiger charge is -2.35. The molecular formula is C27H31F3N4O4S. The molecule has 1 aliphatic carbocycles. The first-order chi connectivity index (χ1) is 18.6. The average molecular weight is 565 g/mol. The Labute approximate surface area is 225 Å². The number of methoxy groups -OCH3 is 2. The highest BCUT2D eigenvalue weighted by molar-refractivity contribution is 7.89. The van der Waals surface area contributed by atoms with Gasteiger partial charge in [0.25, 0.3) is 0 Å². The smallest absolute Gasteiger partial charge is 0.416 e. The highest BCUT2D eigenvalue weighted by atomic mass is 32.2. The third-order valence-corrected chi connectivity index (χ3v) is 9.40. The number of hydrogen-bond donors (Lipinski definition) is 0. The number of hydrogen-bond acceptors (Lipinski definition) is 7. The summed E-state index contributed by atoms with van der Waals surface area (Å²) in [7, 11) is -0.980. The lowest BCUT2D eigenvalue weighted by atomic mass is 9.88. The first kappa shape index (κ1) is 27.4. The van der Waals surface area contributed by atoms with Crippen molar-refractivity contribution >= 4 is 26.7 Å². The fraction of sp³-hybridized carbons (Fsp3) is 0.481. The number of aromatic nitrogens is 2. The van der Waals surface area contributed by atoms with Gasteiger partial charge in [-0.25, -0.2) is 18.4 Å². The Morgan fingerprint density at radius 2 is 1.56 bits per heavy atom. The normalized spacial score (nSPS) is 17.9. The zero-order valence-electron chi connectivity index (χ0n) is 21.9. The largest absolute Gasteiger partial charge is 0.493 e. The summed E-state index contributed by atoms with van der Waals surface area (Å²) in [5, 5.41) is 0.765. The van der Waals surface area contributed by atoms with Crippen LogP contribution >= 0.6 is 0 Å². The van der Waals surface area contributed by atoms with Gasteiger partial charge in [-0.3, -0.25) is 0 Å². The number of benzene rings is 2. The van der Waals surface area contributed by atoms with Gasteiger partial charge >= 0.3 is 6.18 Å². The van der Waals surface area contributed by atoms with E-state index in [1.54, 1.807) is 14.2 Å². The van der Waals surface area contributed by atoms with Gasteiger partial charge in [-0.2, -0.15) is 17.5 Å². The molecule has 2 aromatic carbocycles. The van der Waals surface area contributed by atoms with Crippen molar-refractivity contribution < 1.29 is 31.1 Å². The van der Waals surface area contributed by atoms with Crippen LogP contribution in [0.1, 0.15) is 49.4 Å². The van der Waals surface area contributed by atoms with Gasteiger partial charge in [0.15, 0.2) is 11.5 Å². The van der Waals surface area contributed by atoms with Crippen LogP contribution in [0.4, 0.5) is 19.0 Å². The van der Waals surface area contributed by atoms with Crippen LogP contribution in [-0.4, -0.2) is 63.1 Å². The Balaban J connectivity index is 1.46. The van der Waals surface area contributed by atoms with E-state index in [2.05, 4.69) is 0 Å². The van der Waals surface area contributed by atoms with E-state index in [0.717, 1.165) is 54.5 Å². The SMILES string of the molecule is COc1cc2nc(C3CCCCC3)nc(N3CCN(S(=O)(=O)c4cccc(C(F)(F)F)c4)CC3)c2cc1OC. The minimum atomic E-state index is -4.63. The Bertz CT molecular complexity index is 1450. The molecule has 12 heteroatoms. The zero-order chi connectivity index (χ0) is 27.8. The molecule has 5 rings (SSSR count). The minimum Gasteiger partial charge on any atom is -0.493 e. The highest BCUT2D eigenvalue weighted by Gasteiger charge is 2.34. The third kappa shape index (κ3) is 5.49. The monoisotopic (exact) mass is 564 g/mol. The molecule has 0 unspecified atom stereocenters. The van der Waals surface area contributed by atoms with E-state index < -0.39 is 21.8 Å². The molecule has 0 amide bonds. The number of nitrogens with zero attached hydrogens (tertiary/aromatic N) is 4. The average Bonchev–Trinajstić information content (AvgIpc) is 2.96. The van der Waals surface area contributed by atoms with Crippen LogP contribution in [0.3, 0.4) is 0 Å². The molecule has 2 aliphatic rings. The van der Waals surface area contributed by atoms with Gasteiger partial charge < -0.3 is 14.4 Å². The maximum absolute atomic E-state index is 13.2. The Morgan fingerprint density at radius 1 is 0.897 bits per heavy atom. The van der Waals surface area contributed by atoms with Crippen molar-refractivity contribution in [3.05, 3.63) is 47.8 Å². The number of anilines is 1. The second-order valence-corrected chi connectivity index (χ2v) is 11.8. The van der Waals surface area contributed by atoms with Crippen LogP contribution < -0.4 is 14.4 Å². The quantitative estimate of drug-likeness (QED) is 0.406. The first-order valence-electron chi connectivity index (χ1n) is 13.0. The van der Waals surface area contributed by atoms with Gasteiger partial charge in [0.1, 0.15) is 11.6 Å². The van der Waals surface area contributed by atoms with Crippen LogP contribution in [0.25, 0.3) is 10.9 Å². The second-order valence-electron chi connectivity index (χ2n) is 9.88. The standard InChI is InChI=1S/C27H31F3N4O4S/c1-37-23-16-21-22(17-24(23)38-2)31-25(18-7-4-3-5-8-18)32-26(21)33-11-13-34(14-12-33)39(35,36)20-10-6-9-19(15-20)27(28,29)30/h6,9-10,15-18H,3-5,7-8,11-14H2,1-2H3. The fourth-order valence-electron chi connectivity index (χ4n) is 5.36. The summed E-state index contributed by atoms with van der Waals surface area (Å²) in [6.07, 6.45) is 0.851. The summed E-state index contributed by atoms with van der Waals surface area (Å²) in [6, 6.07) is 7.54. The molecule has 1 saturated heterocycles. The van der Waals surface area contributed by atoms with Crippen LogP contribution in [0.5, 0.6) is 11.5 Å². The van der Waals surface area contributed by atoms with E-state index in [1.165, 1.54) is 16.8 Å². The van der Waals surface area contributed by atoms with Crippen molar-refractivity contribution in [3.8, 4) is 11.5 Å². The van der Waals surface area contributed by atoms with Crippen molar-refractivity contribution in [2.75, 3.05) is 45.3 Å². The molecule has 39 heavy (non-hydrogen) atoms. The minimum absolute atomic E-state index is 0.107. The predicted molar refractivity (Wildman–Crippen MR) is 141 cm³/mol. The Kier molecular flexibility index (Phi) is 7.60. The van der Waals surface area contributed by atoms with E-state index in [4.69, 9.17) is 19.4 Å². The summed E-state index contributed by atoms with van der Waals surface area (Å²) in [5.74, 6) is 2.80. The molecule has 0 atom stereocenters. The first-order valence-corrected chi connectivity index (χ1v) is 14.4. The predicted octanol–water partition coefficient (Wildman–Crippen LogP) is 5.22. The molecule has 1 aliphatic heterocycles. The molecule has 3 aromatic rings. The lowest BCUT2D eigenvalue weighted by molar-refractivity contribution is -0.137. The lowest BCUT2D eigenvalue weighted by Crippen LogP contribution is -2.49. The summed E-state index contributed by atoms with van der Waals surface area (Å²) in [4.78, 5) is 11.5. The number of fused-ring (bicyclic) bond motifs is 1. The summed E-state index contributed by atoms with van der Waals surface area (Å²) >= 11 is 0. The van der Waals surface area contributed by atoms with Gasteiger partial charge in [-0.1, -0.05) is 25.3 Å². The molecule has 0 radical (unpaired) electrons. The number of rotatable bonds is 6. The number of sulfonamides is 1. The fourth-order valence-corrected chi connectivity index (χ4v) is 6.83. The summed E-state index contributed by atoms with van der Waals surface area (Å²) in [6.45, 7) is 0.859. The molecule has 1 saturated carbocycles. The number of ether oxygens (including phenoxy) is 2. The van der Waals surface area contributed by atoms with Crippen molar-refractivity contribution in [2.45, 2.75) is 49.1 Å². The molecule has 210 valence electrons. The van der Waals surface area contributed by atoms with E-state index in [1.807, 2.05) is 17.0 Å². The van der Waals surface area contributed by atoms with Crippen LogP contribution in [-0.2, 0) is 16.2 Å². The maximum atomic E-state index is 13.2. The molecule has 8 nitrogen and oxygen atoms in total. The molecule has 0 N–H and O–H groups in total. The zero-order valence-corrected chi connectivity index (χ0v) is 22.7. The van der Waals surface area contributed by atoms with E-state index >= 15 is 0 Å². The van der Waals surface area contributed by atoms with Gasteiger partial charge in [-0.15, -0.1) is 0 Å². The Hall–Kier alpha value is -3.12. The van der Waals surface area contributed by atoms with Gasteiger partial charge in [0.2, 0.25) is 10.0 Å². The molecule has 1 aromatic heterocycles. The van der Waals surface area contributed by atoms with E-state index in [9.17, 15) is 21.6 Å². The summed E-state index contributed by atoms with van der Waals surface area (Å²) < 4.78 is 78.2. The summed E-state index contributed by atoms with van der Waals surface area (Å²) in [5.41, 5.74) is -0.272. The highest BCUT2D eigenvalue weighted by Crippen LogP contribution is 2.39.